The van der Waals surface area contributed by atoms with Gasteiger partial charge in [-0.15, -0.1) is 0 Å². The predicted octanol–water partition coefficient (Wildman–Crippen LogP) is 3.11. The highest BCUT2D eigenvalue weighted by Gasteiger charge is 2.39. The first kappa shape index (κ1) is 20.0. The van der Waals surface area contributed by atoms with Crippen molar-refractivity contribution < 1.29 is 22.4 Å². The van der Waals surface area contributed by atoms with E-state index < -0.39 is 11.9 Å². The third-order valence-electron chi connectivity index (χ3n) is 5.74. The molecule has 0 saturated carbocycles. The second kappa shape index (κ2) is 8.22. The van der Waals surface area contributed by atoms with Crippen molar-refractivity contribution in [3.05, 3.63) is 41.1 Å². The molecule has 1 amide bonds. The topological polar surface area (TPSA) is 54.5 Å². The fourth-order valence-electron chi connectivity index (χ4n) is 4.21. The predicted molar refractivity (Wildman–Crippen MR) is 99.1 cm³/mol. The monoisotopic (exact) mass is 410 g/mol. The molecule has 0 N–H and O–H groups in total. The average Bonchev–Trinajstić information content (AvgIpc) is 3.23. The Kier molecular flexibility index (Phi) is 5.67. The van der Waals surface area contributed by atoms with Gasteiger partial charge in [0.05, 0.1) is 12.8 Å². The molecule has 0 bridgehead atoms. The number of hydrogen-bond donors (Lipinski definition) is 0. The van der Waals surface area contributed by atoms with Gasteiger partial charge in [-0.05, 0) is 37.8 Å². The van der Waals surface area contributed by atoms with E-state index in [1.54, 1.807) is 11.2 Å². The minimum atomic E-state index is -4.49. The van der Waals surface area contributed by atoms with Gasteiger partial charge in [0.15, 0.2) is 5.69 Å². The maximum atomic E-state index is 13.4. The van der Waals surface area contributed by atoms with Crippen LogP contribution in [0.4, 0.5) is 13.2 Å². The van der Waals surface area contributed by atoms with Gasteiger partial charge in [0.25, 0.3) is 0 Å². The maximum Gasteiger partial charge on any atom is 0.435 e. The molecule has 0 unspecified atom stereocenters. The van der Waals surface area contributed by atoms with Crippen molar-refractivity contribution in [3.8, 4) is 0 Å². The molecule has 9 heteroatoms. The summed E-state index contributed by atoms with van der Waals surface area (Å²) in [5, 5.41) is 3.83. The largest absolute Gasteiger partial charge is 0.468 e. The molecule has 4 rings (SSSR count). The molecule has 1 aliphatic heterocycles. The van der Waals surface area contributed by atoms with E-state index in [1.165, 1.54) is 4.68 Å². The van der Waals surface area contributed by atoms with Crippen LogP contribution in [0.5, 0.6) is 0 Å². The summed E-state index contributed by atoms with van der Waals surface area (Å²) in [7, 11) is 0. The molecule has 158 valence electrons. The van der Waals surface area contributed by atoms with Crippen LogP contribution in [0, 0.1) is 0 Å². The lowest BCUT2D eigenvalue weighted by molar-refractivity contribution is -0.142. The van der Waals surface area contributed by atoms with Crippen LogP contribution in [-0.2, 0) is 36.9 Å². The number of alkyl halides is 3. The molecule has 6 nitrogen and oxygen atoms in total. The lowest BCUT2D eigenvalue weighted by Crippen LogP contribution is -2.49. The van der Waals surface area contributed by atoms with Gasteiger partial charge in [-0.25, -0.2) is 0 Å². The lowest BCUT2D eigenvalue weighted by Gasteiger charge is -2.34. The quantitative estimate of drug-likeness (QED) is 0.727. The second-order valence-electron chi connectivity index (χ2n) is 7.73. The van der Waals surface area contributed by atoms with Gasteiger partial charge in [0, 0.05) is 37.4 Å². The van der Waals surface area contributed by atoms with Crippen LogP contribution < -0.4 is 0 Å². The number of fused-ring (bicyclic) bond motifs is 1. The van der Waals surface area contributed by atoms with E-state index in [-0.39, 0.29) is 18.0 Å². The van der Waals surface area contributed by atoms with Gasteiger partial charge in [0.1, 0.15) is 12.3 Å². The van der Waals surface area contributed by atoms with Crippen LogP contribution in [-0.4, -0.2) is 51.7 Å². The van der Waals surface area contributed by atoms with Crippen LogP contribution in [0.3, 0.4) is 0 Å². The Morgan fingerprint density at radius 1 is 1.10 bits per heavy atom. The molecular formula is C20H25F3N4O2. The van der Waals surface area contributed by atoms with Gasteiger partial charge in [-0.1, -0.05) is 6.42 Å². The zero-order chi connectivity index (χ0) is 20.4. The molecule has 0 spiro atoms. The minimum Gasteiger partial charge on any atom is -0.468 e. The number of amides is 1. The van der Waals surface area contributed by atoms with Gasteiger partial charge < -0.3 is 9.32 Å². The molecule has 29 heavy (non-hydrogen) atoms. The Bertz CT molecular complexity index is 837. The van der Waals surface area contributed by atoms with E-state index >= 15 is 0 Å². The summed E-state index contributed by atoms with van der Waals surface area (Å²) in [6, 6.07) is 3.76. The summed E-state index contributed by atoms with van der Waals surface area (Å²) < 4.78 is 46.9. The third kappa shape index (κ3) is 4.49. The van der Waals surface area contributed by atoms with Crippen molar-refractivity contribution >= 4 is 5.91 Å². The molecule has 1 saturated heterocycles. The van der Waals surface area contributed by atoms with Gasteiger partial charge >= 0.3 is 6.18 Å². The van der Waals surface area contributed by atoms with Gasteiger partial charge in [0.2, 0.25) is 5.91 Å². The summed E-state index contributed by atoms with van der Waals surface area (Å²) in [4.78, 5) is 16.7. The molecule has 0 radical (unpaired) electrons. The number of aromatic nitrogens is 2. The van der Waals surface area contributed by atoms with E-state index in [0.717, 1.165) is 25.0 Å². The van der Waals surface area contributed by atoms with Crippen LogP contribution in [0.1, 0.15) is 42.0 Å². The summed E-state index contributed by atoms with van der Waals surface area (Å²) in [6.07, 6.45) is 0.532. The van der Waals surface area contributed by atoms with E-state index in [1.807, 2.05) is 12.1 Å². The van der Waals surface area contributed by atoms with Crippen molar-refractivity contribution in [1.82, 2.24) is 19.6 Å². The zero-order valence-electron chi connectivity index (χ0n) is 16.2. The van der Waals surface area contributed by atoms with Crippen LogP contribution in [0.25, 0.3) is 0 Å². The van der Waals surface area contributed by atoms with Crippen molar-refractivity contribution in [2.75, 3.05) is 26.2 Å². The van der Waals surface area contributed by atoms with Crippen LogP contribution in [0.15, 0.2) is 22.8 Å². The summed E-state index contributed by atoms with van der Waals surface area (Å²) in [6.45, 7) is 3.08. The van der Waals surface area contributed by atoms with Crippen molar-refractivity contribution in [1.29, 1.82) is 0 Å². The molecule has 0 aromatic carbocycles. The highest BCUT2D eigenvalue weighted by atomic mass is 19.4. The first-order valence-electron chi connectivity index (χ1n) is 10.1. The Morgan fingerprint density at radius 3 is 2.55 bits per heavy atom. The molecule has 1 aliphatic carbocycles. The second-order valence-corrected chi connectivity index (χ2v) is 7.73. The zero-order valence-corrected chi connectivity index (χ0v) is 16.2. The number of carbonyl (C=O) groups is 1. The molecule has 3 heterocycles. The summed E-state index contributed by atoms with van der Waals surface area (Å²) in [5.74, 6) is 0.703. The molecular weight excluding hydrogens is 385 g/mol. The van der Waals surface area contributed by atoms with Crippen molar-refractivity contribution in [2.45, 2.75) is 51.4 Å². The third-order valence-corrected chi connectivity index (χ3v) is 5.74. The van der Waals surface area contributed by atoms with E-state index in [4.69, 9.17) is 4.42 Å². The SMILES string of the molecule is O=C(Cn1nc(C(F)(F)F)c2c1CCCCC2)N1CCN(Cc2ccco2)CC1. The Hall–Kier alpha value is -2.29. The standard InChI is InChI=1S/C20H25F3N4O2/c21-20(22,23)19-16-6-2-1-3-7-17(16)27(24-19)14-18(28)26-10-8-25(9-11-26)13-15-5-4-12-29-15/h4-5,12H,1-3,6-11,13-14H2. The summed E-state index contributed by atoms with van der Waals surface area (Å²) in [5.41, 5.74) is 0.0520. The van der Waals surface area contributed by atoms with Crippen molar-refractivity contribution in [3.63, 3.8) is 0 Å². The molecule has 2 aromatic rings. The van der Waals surface area contributed by atoms with Gasteiger partial charge in [-0.2, -0.15) is 18.3 Å². The summed E-state index contributed by atoms with van der Waals surface area (Å²) >= 11 is 0. The fraction of sp³-hybridized carbons (Fsp3) is 0.600. The molecule has 1 fully saturated rings. The normalized spacial score (nSPS) is 18.5. The average molecular weight is 410 g/mol. The van der Waals surface area contributed by atoms with E-state index in [2.05, 4.69) is 10.00 Å². The first-order valence-corrected chi connectivity index (χ1v) is 10.1. The Morgan fingerprint density at radius 2 is 1.86 bits per heavy atom. The minimum absolute atomic E-state index is 0.128. The van der Waals surface area contributed by atoms with E-state index in [0.29, 0.717) is 51.3 Å². The maximum absolute atomic E-state index is 13.4. The van der Waals surface area contributed by atoms with Crippen LogP contribution >= 0.6 is 0 Å². The van der Waals surface area contributed by atoms with E-state index in [9.17, 15) is 18.0 Å². The van der Waals surface area contributed by atoms with Crippen LogP contribution in [0.2, 0.25) is 0 Å². The number of rotatable bonds is 4. The Labute approximate surface area is 167 Å². The first-order chi connectivity index (χ1) is 13.9. The molecule has 0 atom stereocenters. The smallest absolute Gasteiger partial charge is 0.435 e. The number of nitrogens with zero attached hydrogens (tertiary/aromatic N) is 4. The molecule has 2 aliphatic rings. The lowest BCUT2D eigenvalue weighted by atomic mass is 10.1. The highest BCUT2D eigenvalue weighted by molar-refractivity contribution is 5.76. The highest BCUT2D eigenvalue weighted by Crippen LogP contribution is 2.35. The number of furan rings is 1. The number of piperazine rings is 1. The molecule has 2 aromatic heterocycles. The number of carbonyl (C=O) groups excluding carboxylic acids is 1. The van der Waals surface area contributed by atoms with Gasteiger partial charge in [-0.3, -0.25) is 14.4 Å². The number of halogens is 3. The number of hydrogen-bond acceptors (Lipinski definition) is 4. The van der Waals surface area contributed by atoms with Crippen molar-refractivity contribution in [2.24, 2.45) is 0 Å². The Balaban J connectivity index is 1.42. The fourth-order valence-corrected chi connectivity index (χ4v) is 4.21.